The molecule has 0 aliphatic heterocycles. The molecule has 0 unspecified atom stereocenters. The summed E-state index contributed by atoms with van der Waals surface area (Å²) in [4.78, 5) is 25.6. The molecule has 2 amide bonds. The van der Waals surface area contributed by atoms with E-state index < -0.39 is 11.5 Å². The normalized spacial score (nSPS) is 11.2. The molecule has 0 bridgehead atoms. The molecule has 0 aliphatic carbocycles. The summed E-state index contributed by atoms with van der Waals surface area (Å²) < 4.78 is 0. The van der Waals surface area contributed by atoms with E-state index in [9.17, 15) is 9.59 Å². The monoisotopic (exact) mass is 298 g/mol. The molecule has 20 heavy (non-hydrogen) atoms. The van der Waals surface area contributed by atoms with Crippen molar-refractivity contribution in [2.75, 3.05) is 6.54 Å². The Hall–Kier alpha value is -1.56. The zero-order chi connectivity index (χ0) is 15.3. The van der Waals surface area contributed by atoms with Crippen molar-refractivity contribution in [3.63, 3.8) is 0 Å². The van der Waals surface area contributed by atoms with E-state index in [-0.39, 0.29) is 19.0 Å². The van der Waals surface area contributed by atoms with Crippen LogP contribution in [0, 0.1) is 6.92 Å². The third-order valence-electron chi connectivity index (χ3n) is 2.97. The minimum atomic E-state index is -0.902. The predicted octanol–water partition coefficient (Wildman–Crippen LogP) is 2.84. The molecule has 1 aromatic heterocycles. The van der Waals surface area contributed by atoms with Crippen LogP contribution in [0.1, 0.15) is 37.6 Å². The van der Waals surface area contributed by atoms with E-state index in [1.807, 2.05) is 39.1 Å². The molecule has 0 spiro atoms. The fourth-order valence-corrected chi connectivity index (χ4v) is 2.63. The smallest absolute Gasteiger partial charge is 0.318 e. The van der Waals surface area contributed by atoms with Crippen LogP contribution in [-0.4, -0.2) is 34.1 Å². The number of thiophene rings is 1. The molecular formula is C14H22N2O3S. The van der Waals surface area contributed by atoms with Gasteiger partial charge in [0, 0.05) is 17.0 Å². The number of amides is 2. The van der Waals surface area contributed by atoms with E-state index in [0.29, 0.717) is 6.54 Å². The van der Waals surface area contributed by atoms with Gasteiger partial charge >= 0.3 is 12.0 Å². The molecule has 5 nitrogen and oxygen atoms in total. The fraction of sp³-hybridized carbons (Fsp3) is 0.571. The quantitative estimate of drug-likeness (QED) is 0.878. The van der Waals surface area contributed by atoms with Crippen LogP contribution in [0.3, 0.4) is 0 Å². The first-order valence-corrected chi connectivity index (χ1v) is 7.40. The topological polar surface area (TPSA) is 69.6 Å². The summed E-state index contributed by atoms with van der Waals surface area (Å²) in [5.41, 5.74) is 0.743. The standard InChI is InChI=1S/C14H22N2O3S/c1-10-6-8-20-11(10)9-15-13(19)16(14(2,3)4)7-5-12(17)18/h6,8H,5,7,9H2,1-4H3,(H,15,19)(H,17,18). The number of nitrogens with zero attached hydrogens (tertiary/aromatic N) is 1. The summed E-state index contributed by atoms with van der Waals surface area (Å²) in [5.74, 6) is -0.902. The lowest BCUT2D eigenvalue weighted by Crippen LogP contribution is -2.50. The van der Waals surface area contributed by atoms with E-state index >= 15 is 0 Å². The number of rotatable bonds is 5. The SMILES string of the molecule is Cc1ccsc1CNC(=O)N(CCC(=O)O)C(C)(C)C. The van der Waals surface area contributed by atoms with Gasteiger partial charge in [-0.1, -0.05) is 0 Å². The van der Waals surface area contributed by atoms with Gasteiger partial charge in [0.15, 0.2) is 0 Å². The van der Waals surface area contributed by atoms with E-state index in [2.05, 4.69) is 5.32 Å². The summed E-state index contributed by atoms with van der Waals surface area (Å²) in [6, 6.07) is 1.78. The third-order valence-corrected chi connectivity index (χ3v) is 4.00. The summed E-state index contributed by atoms with van der Waals surface area (Å²) >= 11 is 1.60. The molecule has 1 aromatic rings. The average molecular weight is 298 g/mol. The number of hydrogen-bond donors (Lipinski definition) is 2. The van der Waals surface area contributed by atoms with Crippen LogP contribution in [-0.2, 0) is 11.3 Å². The number of carboxylic acid groups (broad SMARTS) is 1. The van der Waals surface area contributed by atoms with Gasteiger partial charge in [-0.2, -0.15) is 0 Å². The number of carboxylic acids is 1. The molecule has 0 atom stereocenters. The molecule has 2 N–H and O–H groups in total. The zero-order valence-electron chi connectivity index (χ0n) is 12.4. The minimum absolute atomic E-state index is 0.0529. The average Bonchev–Trinajstić information content (AvgIpc) is 2.70. The van der Waals surface area contributed by atoms with Crippen molar-refractivity contribution in [1.29, 1.82) is 0 Å². The van der Waals surface area contributed by atoms with Crippen molar-refractivity contribution >= 4 is 23.3 Å². The summed E-state index contributed by atoms with van der Waals surface area (Å²) in [6.07, 6.45) is -0.0529. The van der Waals surface area contributed by atoms with Gasteiger partial charge in [0.1, 0.15) is 0 Å². The molecule has 0 aromatic carbocycles. The molecule has 6 heteroatoms. The van der Waals surface area contributed by atoms with Crippen LogP contribution in [0.5, 0.6) is 0 Å². The maximum absolute atomic E-state index is 12.2. The van der Waals surface area contributed by atoms with Crippen LogP contribution >= 0.6 is 11.3 Å². The van der Waals surface area contributed by atoms with Gasteiger partial charge in [0.05, 0.1) is 13.0 Å². The number of carbonyl (C=O) groups is 2. The maximum atomic E-state index is 12.2. The highest BCUT2D eigenvalue weighted by Crippen LogP contribution is 2.17. The van der Waals surface area contributed by atoms with Crippen molar-refractivity contribution in [2.24, 2.45) is 0 Å². The lowest BCUT2D eigenvalue weighted by atomic mass is 10.1. The number of aliphatic carboxylic acids is 1. The van der Waals surface area contributed by atoms with Crippen molar-refractivity contribution in [3.05, 3.63) is 21.9 Å². The molecule has 1 rings (SSSR count). The second kappa shape index (κ2) is 6.74. The number of carbonyl (C=O) groups excluding carboxylic acids is 1. The Labute approximate surface area is 123 Å². The Morgan fingerprint density at radius 2 is 2.05 bits per heavy atom. The highest BCUT2D eigenvalue weighted by Gasteiger charge is 2.26. The highest BCUT2D eigenvalue weighted by atomic mass is 32.1. The summed E-state index contributed by atoms with van der Waals surface area (Å²) in [7, 11) is 0. The largest absolute Gasteiger partial charge is 0.481 e. The second-order valence-corrected chi connectivity index (χ2v) is 6.65. The number of aryl methyl sites for hydroxylation is 1. The molecule has 0 saturated carbocycles. The van der Waals surface area contributed by atoms with Gasteiger partial charge in [0.25, 0.3) is 0 Å². The van der Waals surface area contributed by atoms with Crippen LogP contribution in [0.4, 0.5) is 4.79 Å². The Bertz CT molecular complexity index is 477. The molecule has 0 aliphatic rings. The highest BCUT2D eigenvalue weighted by molar-refractivity contribution is 7.10. The van der Waals surface area contributed by atoms with Gasteiger partial charge in [0.2, 0.25) is 0 Å². The number of urea groups is 1. The van der Waals surface area contributed by atoms with Crippen LogP contribution in [0.15, 0.2) is 11.4 Å². The van der Waals surface area contributed by atoms with E-state index in [1.54, 1.807) is 16.2 Å². The Morgan fingerprint density at radius 1 is 1.40 bits per heavy atom. The molecule has 0 fully saturated rings. The first-order valence-electron chi connectivity index (χ1n) is 6.52. The van der Waals surface area contributed by atoms with Gasteiger partial charge in [-0.15, -0.1) is 11.3 Å². The van der Waals surface area contributed by atoms with Crippen molar-refractivity contribution in [1.82, 2.24) is 10.2 Å². The van der Waals surface area contributed by atoms with E-state index in [0.717, 1.165) is 10.4 Å². The first kappa shape index (κ1) is 16.5. The predicted molar refractivity (Wildman–Crippen MR) is 80.0 cm³/mol. The van der Waals surface area contributed by atoms with Crippen molar-refractivity contribution < 1.29 is 14.7 Å². The minimum Gasteiger partial charge on any atom is -0.481 e. The lowest BCUT2D eigenvalue weighted by molar-refractivity contribution is -0.137. The zero-order valence-corrected chi connectivity index (χ0v) is 13.2. The van der Waals surface area contributed by atoms with Crippen LogP contribution in [0.25, 0.3) is 0 Å². The summed E-state index contributed by atoms with van der Waals surface area (Å²) in [6.45, 7) is 8.36. The maximum Gasteiger partial charge on any atom is 0.318 e. The van der Waals surface area contributed by atoms with Crippen LogP contribution in [0.2, 0.25) is 0 Å². The third kappa shape index (κ3) is 4.85. The van der Waals surface area contributed by atoms with Gasteiger partial charge < -0.3 is 15.3 Å². The van der Waals surface area contributed by atoms with Crippen molar-refractivity contribution in [2.45, 2.75) is 46.2 Å². The molecular weight excluding hydrogens is 276 g/mol. The van der Waals surface area contributed by atoms with Gasteiger partial charge in [-0.3, -0.25) is 4.79 Å². The fourth-order valence-electron chi connectivity index (χ4n) is 1.79. The Morgan fingerprint density at radius 3 is 2.50 bits per heavy atom. The number of nitrogens with one attached hydrogen (secondary N) is 1. The van der Waals surface area contributed by atoms with E-state index in [1.165, 1.54) is 0 Å². The first-order chi connectivity index (χ1) is 9.21. The molecule has 0 radical (unpaired) electrons. The number of hydrogen-bond acceptors (Lipinski definition) is 3. The second-order valence-electron chi connectivity index (χ2n) is 5.65. The Balaban J connectivity index is 2.64. The Kier molecular flexibility index (Phi) is 5.56. The molecule has 112 valence electrons. The van der Waals surface area contributed by atoms with Crippen molar-refractivity contribution in [3.8, 4) is 0 Å². The van der Waals surface area contributed by atoms with E-state index in [4.69, 9.17) is 5.11 Å². The van der Waals surface area contributed by atoms with Crippen LogP contribution < -0.4 is 5.32 Å². The van der Waals surface area contributed by atoms with Gasteiger partial charge in [-0.05, 0) is 44.7 Å². The lowest BCUT2D eigenvalue weighted by Gasteiger charge is -2.35. The summed E-state index contributed by atoms with van der Waals surface area (Å²) in [5, 5.41) is 13.6. The molecule has 0 saturated heterocycles. The molecule has 1 heterocycles. The van der Waals surface area contributed by atoms with Gasteiger partial charge in [-0.25, -0.2) is 4.79 Å².